The van der Waals surface area contributed by atoms with Crippen molar-refractivity contribution in [3.63, 3.8) is 0 Å². The first kappa shape index (κ1) is 25.5. The molecule has 5 rings (SSSR count). The Morgan fingerprint density at radius 1 is 1.16 bits per heavy atom. The first-order valence-corrected chi connectivity index (χ1v) is 13.6. The molecule has 4 heterocycles. The van der Waals surface area contributed by atoms with Gasteiger partial charge in [0.15, 0.2) is 0 Å². The van der Waals surface area contributed by atoms with Crippen molar-refractivity contribution in [3.05, 3.63) is 53.2 Å². The fraction of sp³-hybridized carbons (Fsp3) is 0.552. The van der Waals surface area contributed by atoms with E-state index in [9.17, 15) is 14.7 Å². The molecule has 198 valence electrons. The lowest BCUT2D eigenvalue weighted by molar-refractivity contribution is -0.152. The van der Waals surface area contributed by atoms with Gasteiger partial charge >= 0.3 is 5.97 Å². The Labute approximate surface area is 219 Å². The summed E-state index contributed by atoms with van der Waals surface area (Å²) in [6.45, 7) is 7.33. The number of rotatable bonds is 9. The van der Waals surface area contributed by atoms with Gasteiger partial charge in [-0.2, -0.15) is 0 Å². The molecule has 0 bridgehead atoms. The predicted octanol–water partition coefficient (Wildman–Crippen LogP) is 3.77. The monoisotopic (exact) mass is 506 g/mol. The van der Waals surface area contributed by atoms with Crippen molar-refractivity contribution in [1.29, 1.82) is 0 Å². The molecule has 3 aliphatic heterocycles. The van der Waals surface area contributed by atoms with Crippen LogP contribution in [-0.2, 0) is 22.4 Å². The standard InChI is InChI=1S/C29H38N4O4/c1-19(2)37-25-8-4-3-7-24(25)26(29(35)36)33-17-22(18-33)28(34)32-15-13-20(16-32)9-11-23-12-10-21-6-5-14-30-27(21)31-23/h3-4,7-8,10,12,19-20,22,26H,5-6,9,11,13-18H2,1-2H3,(H,30,31)(H,35,36). The van der Waals surface area contributed by atoms with E-state index >= 15 is 0 Å². The Hall–Kier alpha value is -3.13. The normalized spacial score (nSPS) is 20.7. The number of benzene rings is 1. The summed E-state index contributed by atoms with van der Waals surface area (Å²) in [5.74, 6) is 1.21. The zero-order chi connectivity index (χ0) is 25.9. The van der Waals surface area contributed by atoms with Gasteiger partial charge in [0.1, 0.15) is 17.6 Å². The van der Waals surface area contributed by atoms with Crippen LogP contribution in [-0.4, -0.2) is 70.6 Å². The summed E-state index contributed by atoms with van der Waals surface area (Å²) in [6, 6.07) is 10.8. The Morgan fingerprint density at radius 2 is 1.97 bits per heavy atom. The molecule has 1 amide bonds. The van der Waals surface area contributed by atoms with Crippen molar-refractivity contribution >= 4 is 17.7 Å². The number of likely N-dealkylation sites (tertiary alicyclic amines) is 2. The minimum atomic E-state index is -0.919. The van der Waals surface area contributed by atoms with E-state index in [4.69, 9.17) is 9.72 Å². The predicted molar refractivity (Wildman–Crippen MR) is 142 cm³/mol. The molecule has 0 spiro atoms. The fourth-order valence-electron chi connectivity index (χ4n) is 5.82. The summed E-state index contributed by atoms with van der Waals surface area (Å²) in [7, 11) is 0. The van der Waals surface area contributed by atoms with Gasteiger partial charge in [0.2, 0.25) is 5.91 Å². The summed E-state index contributed by atoms with van der Waals surface area (Å²) < 4.78 is 5.87. The summed E-state index contributed by atoms with van der Waals surface area (Å²) in [5, 5.41) is 13.4. The lowest BCUT2D eigenvalue weighted by Crippen LogP contribution is -2.56. The molecule has 1 aromatic carbocycles. The lowest BCUT2D eigenvalue weighted by atomic mass is 9.92. The van der Waals surface area contributed by atoms with Gasteiger partial charge in [0, 0.05) is 44.0 Å². The van der Waals surface area contributed by atoms with Crippen LogP contribution in [0.5, 0.6) is 5.75 Å². The topological polar surface area (TPSA) is 95.0 Å². The molecule has 1 aromatic heterocycles. The zero-order valence-electron chi connectivity index (χ0n) is 21.9. The second-order valence-electron chi connectivity index (χ2n) is 10.9. The van der Waals surface area contributed by atoms with Gasteiger partial charge in [-0.1, -0.05) is 24.3 Å². The van der Waals surface area contributed by atoms with Gasteiger partial charge in [-0.3, -0.25) is 14.5 Å². The molecule has 8 heteroatoms. The second-order valence-corrected chi connectivity index (χ2v) is 10.9. The Bertz CT molecular complexity index is 1130. The Kier molecular flexibility index (Phi) is 7.65. The molecule has 2 unspecified atom stereocenters. The van der Waals surface area contributed by atoms with Crippen LogP contribution in [0.4, 0.5) is 5.82 Å². The maximum Gasteiger partial charge on any atom is 0.325 e. The maximum absolute atomic E-state index is 13.2. The first-order chi connectivity index (χ1) is 17.9. The molecule has 8 nitrogen and oxygen atoms in total. The third-order valence-electron chi connectivity index (χ3n) is 7.79. The highest BCUT2D eigenvalue weighted by Crippen LogP contribution is 2.36. The SMILES string of the molecule is CC(C)Oc1ccccc1C(C(=O)O)N1CC(C(=O)N2CCC(CCc3ccc4c(n3)NCCC4)C2)C1. The van der Waals surface area contributed by atoms with E-state index in [1.54, 1.807) is 0 Å². The van der Waals surface area contributed by atoms with Crippen LogP contribution in [0.2, 0.25) is 0 Å². The number of carboxylic acids is 1. The van der Waals surface area contributed by atoms with E-state index in [0.29, 0.717) is 30.3 Å². The molecule has 2 atom stereocenters. The number of fused-ring (bicyclic) bond motifs is 1. The summed E-state index contributed by atoms with van der Waals surface area (Å²) in [5.41, 5.74) is 3.07. The summed E-state index contributed by atoms with van der Waals surface area (Å²) >= 11 is 0. The number of anilines is 1. The number of aryl methyl sites for hydroxylation is 2. The van der Waals surface area contributed by atoms with Crippen molar-refractivity contribution in [1.82, 2.24) is 14.8 Å². The number of carbonyl (C=O) groups is 2. The van der Waals surface area contributed by atoms with Gasteiger partial charge in [-0.25, -0.2) is 4.98 Å². The number of hydrogen-bond donors (Lipinski definition) is 2. The third-order valence-corrected chi connectivity index (χ3v) is 7.79. The average Bonchev–Trinajstić information content (AvgIpc) is 3.33. The maximum atomic E-state index is 13.2. The molecule has 0 radical (unpaired) electrons. The largest absolute Gasteiger partial charge is 0.491 e. The number of carboxylic acid groups (broad SMARTS) is 1. The van der Waals surface area contributed by atoms with Crippen molar-refractivity contribution in [2.45, 2.75) is 58.1 Å². The van der Waals surface area contributed by atoms with Gasteiger partial charge < -0.3 is 20.1 Å². The molecule has 37 heavy (non-hydrogen) atoms. The molecule has 2 saturated heterocycles. The third kappa shape index (κ3) is 5.74. The van der Waals surface area contributed by atoms with Crippen molar-refractivity contribution in [2.24, 2.45) is 11.8 Å². The van der Waals surface area contributed by atoms with Gasteiger partial charge in [-0.15, -0.1) is 0 Å². The average molecular weight is 507 g/mol. The van der Waals surface area contributed by atoms with Crippen LogP contribution < -0.4 is 10.1 Å². The quantitative estimate of drug-likeness (QED) is 0.535. The molecule has 0 saturated carbocycles. The number of pyridine rings is 1. The molecule has 2 N–H and O–H groups in total. The molecular weight excluding hydrogens is 468 g/mol. The van der Waals surface area contributed by atoms with Crippen LogP contribution in [0.3, 0.4) is 0 Å². The number of nitrogens with zero attached hydrogens (tertiary/aromatic N) is 3. The summed E-state index contributed by atoms with van der Waals surface area (Å²) in [4.78, 5) is 34.1. The van der Waals surface area contributed by atoms with E-state index in [1.807, 2.05) is 47.9 Å². The van der Waals surface area contributed by atoms with Crippen LogP contribution in [0, 0.1) is 11.8 Å². The number of nitrogens with one attached hydrogen (secondary N) is 1. The number of ether oxygens (including phenoxy) is 1. The molecule has 2 fully saturated rings. The fourth-order valence-corrected chi connectivity index (χ4v) is 5.82. The number of para-hydroxylation sites is 1. The van der Waals surface area contributed by atoms with E-state index in [1.165, 1.54) is 5.56 Å². The number of amides is 1. The molecule has 0 aliphatic carbocycles. The number of hydrogen-bond acceptors (Lipinski definition) is 6. The van der Waals surface area contributed by atoms with E-state index in [2.05, 4.69) is 17.4 Å². The minimum absolute atomic E-state index is 0.0517. The van der Waals surface area contributed by atoms with Crippen LogP contribution in [0.1, 0.15) is 56.0 Å². The van der Waals surface area contributed by atoms with Crippen molar-refractivity contribution in [2.75, 3.05) is 38.0 Å². The smallest absolute Gasteiger partial charge is 0.325 e. The van der Waals surface area contributed by atoms with Crippen LogP contribution >= 0.6 is 0 Å². The van der Waals surface area contributed by atoms with Crippen LogP contribution in [0.15, 0.2) is 36.4 Å². The lowest BCUT2D eigenvalue weighted by Gasteiger charge is -2.43. The summed E-state index contributed by atoms with van der Waals surface area (Å²) in [6.07, 6.45) is 5.18. The van der Waals surface area contributed by atoms with Gasteiger partial charge in [-0.05, 0) is 69.6 Å². The van der Waals surface area contributed by atoms with E-state index in [-0.39, 0.29) is 17.9 Å². The number of aromatic nitrogens is 1. The number of carbonyl (C=O) groups excluding carboxylic acids is 1. The highest BCUT2D eigenvalue weighted by Gasteiger charge is 2.43. The van der Waals surface area contributed by atoms with Crippen molar-refractivity contribution in [3.8, 4) is 5.75 Å². The first-order valence-electron chi connectivity index (χ1n) is 13.6. The highest BCUT2D eigenvalue weighted by molar-refractivity contribution is 5.82. The Balaban J connectivity index is 1.13. The van der Waals surface area contributed by atoms with Gasteiger partial charge in [0.05, 0.1) is 12.0 Å². The minimum Gasteiger partial charge on any atom is -0.491 e. The van der Waals surface area contributed by atoms with E-state index in [0.717, 1.165) is 63.3 Å². The zero-order valence-corrected chi connectivity index (χ0v) is 21.9. The number of aliphatic carboxylic acids is 1. The van der Waals surface area contributed by atoms with E-state index < -0.39 is 12.0 Å². The second kappa shape index (κ2) is 11.1. The van der Waals surface area contributed by atoms with Gasteiger partial charge in [0.25, 0.3) is 0 Å². The van der Waals surface area contributed by atoms with Crippen LogP contribution in [0.25, 0.3) is 0 Å². The Morgan fingerprint density at radius 3 is 2.76 bits per heavy atom. The molecular formula is C29H38N4O4. The molecule has 3 aliphatic rings. The highest BCUT2D eigenvalue weighted by atomic mass is 16.5. The molecule has 2 aromatic rings. The van der Waals surface area contributed by atoms with Crippen molar-refractivity contribution < 1.29 is 19.4 Å².